The van der Waals surface area contributed by atoms with E-state index in [2.05, 4.69) is 14.3 Å². The van der Waals surface area contributed by atoms with Crippen LogP contribution in [0.25, 0.3) is 0 Å². The Labute approximate surface area is 81.9 Å². The van der Waals surface area contributed by atoms with Gasteiger partial charge >= 0.3 is 10.3 Å². The molecule has 78 valence electrons. The quantitative estimate of drug-likeness (QED) is 0.756. The fourth-order valence-corrected chi connectivity index (χ4v) is 1.08. The Morgan fingerprint density at radius 3 is 2.79 bits per heavy atom. The number of aromatic nitrogens is 1. The van der Waals surface area contributed by atoms with Crippen LogP contribution in [-0.2, 0) is 21.1 Å². The van der Waals surface area contributed by atoms with Gasteiger partial charge in [-0.1, -0.05) is 6.07 Å². The van der Waals surface area contributed by atoms with Crippen LogP contribution in [0.4, 0.5) is 0 Å². The first-order chi connectivity index (χ1) is 6.51. The van der Waals surface area contributed by atoms with E-state index in [4.69, 9.17) is 4.74 Å². The molecule has 0 atom stereocenters. The lowest BCUT2D eigenvalue weighted by Crippen LogP contribution is -2.15. The van der Waals surface area contributed by atoms with E-state index in [1.807, 2.05) is 0 Å². The number of nitrogens with two attached hydrogens (primary N) is 1. The molecule has 14 heavy (non-hydrogen) atoms. The van der Waals surface area contributed by atoms with Gasteiger partial charge in [-0.05, 0) is 6.07 Å². The number of hydrogen-bond acceptors (Lipinski definition) is 5. The SMILES string of the molecule is COc1cccc(COS(N)(=O)=O)n1. The topological polar surface area (TPSA) is 91.5 Å². The minimum absolute atomic E-state index is 0.198. The molecule has 0 spiro atoms. The predicted octanol–water partition coefficient (Wildman–Crippen LogP) is -0.190. The Morgan fingerprint density at radius 1 is 1.50 bits per heavy atom. The van der Waals surface area contributed by atoms with E-state index in [9.17, 15) is 8.42 Å². The molecular weight excluding hydrogens is 208 g/mol. The van der Waals surface area contributed by atoms with E-state index < -0.39 is 10.3 Å². The van der Waals surface area contributed by atoms with Crippen LogP contribution in [0.5, 0.6) is 5.88 Å². The first-order valence-electron chi connectivity index (χ1n) is 3.68. The highest BCUT2D eigenvalue weighted by atomic mass is 32.2. The summed E-state index contributed by atoms with van der Waals surface area (Å²) in [7, 11) is -2.46. The van der Waals surface area contributed by atoms with Crippen LogP contribution in [0.15, 0.2) is 18.2 Å². The Balaban J connectivity index is 2.68. The zero-order chi connectivity index (χ0) is 10.6. The number of ether oxygens (including phenoxy) is 1. The maximum Gasteiger partial charge on any atom is 0.333 e. The average molecular weight is 218 g/mol. The molecule has 1 aromatic rings. The van der Waals surface area contributed by atoms with E-state index in [-0.39, 0.29) is 6.61 Å². The van der Waals surface area contributed by atoms with Crippen molar-refractivity contribution in [1.82, 2.24) is 4.98 Å². The average Bonchev–Trinajstić information content (AvgIpc) is 2.14. The van der Waals surface area contributed by atoms with Gasteiger partial charge in [0.2, 0.25) is 5.88 Å². The molecule has 0 amide bonds. The van der Waals surface area contributed by atoms with Crippen LogP contribution < -0.4 is 9.88 Å². The number of methoxy groups -OCH3 is 1. The van der Waals surface area contributed by atoms with Crippen LogP contribution in [0, 0.1) is 0 Å². The lowest BCUT2D eigenvalue weighted by Gasteiger charge is -2.02. The number of rotatable bonds is 4. The maximum atomic E-state index is 10.5. The standard InChI is InChI=1S/C7H10N2O4S/c1-12-7-4-2-3-6(9-7)5-13-14(8,10)11/h2-4H,5H2,1H3,(H2,8,10,11). The Morgan fingerprint density at radius 2 is 2.21 bits per heavy atom. The molecule has 0 fully saturated rings. The number of nitrogens with zero attached hydrogens (tertiary/aromatic N) is 1. The summed E-state index contributed by atoms with van der Waals surface area (Å²) in [6.07, 6.45) is 0. The van der Waals surface area contributed by atoms with Gasteiger partial charge in [-0.2, -0.15) is 8.42 Å². The fraction of sp³-hybridized carbons (Fsp3) is 0.286. The minimum Gasteiger partial charge on any atom is -0.481 e. The lowest BCUT2D eigenvalue weighted by atomic mass is 10.4. The molecule has 6 nitrogen and oxygen atoms in total. The predicted molar refractivity (Wildman–Crippen MR) is 48.7 cm³/mol. The third-order valence-corrected chi connectivity index (χ3v) is 1.81. The molecule has 7 heteroatoms. The van der Waals surface area contributed by atoms with Gasteiger partial charge in [0.15, 0.2) is 0 Å². The van der Waals surface area contributed by atoms with Crippen molar-refractivity contribution in [1.29, 1.82) is 0 Å². The highest BCUT2D eigenvalue weighted by molar-refractivity contribution is 7.84. The van der Waals surface area contributed by atoms with Gasteiger partial charge < -0.3 is 4.74 Å². The molecule has 1 heterocycles. The summed E-state index contributed by atoms with van der Waals surface area (Å²) in [5.74, 6) is 0.389. The van der Waals surface area contributed by atoms with Crippen molar-refractivity contribution in [2.24, 2.45) is 5.14 Å². The van der Waals surface area contributed by atoms with Gasteiger partial charge in [0.25, 0.3) is 0 Å². The maximum absolute atomic E-state index is 10.5. The molecule has 0 aliphatic rings. The van der Waals surface area contributed by atoms with E-state index >= 15 is 0 Å². The second-order valence-corrected chi connectivity index (χ2v) is 3.65. The van der Waals surface area contributed by atoms with Gasteiger partial charge in [-0.15, -0.1) is 0 Å². The molecule has 2 N–H and O–H groups in total. The zero-order valence-electron chi connectivity index (χ0n) is 7.50. The Bertz CT molecular complexity index is 404. The van der Waals surface area contributed by atoms with Gasteiger partial charge in [0.1, 0.15) is 6.61 Å². The normalized spacial score (nSPS) is 11.3. The summed E-state index contributed by atoms with van der Waals surface area (Å²) >= 11 is 0. The molecule has 0 aliphatic carbocycles. The van der Waals surface area contributed by atoms with Crippen LogP contribution >= 0.6 is 0 Å². The lowest BCUT2D eigenvalue weighted by molar-refractivity contribution is 0.301. The summed E-state index contributed by atoms with van der Waals surface area (Å²) in [6.45, 7) is -0.198. The molecule has 1 aromatic heterocycles. The van der Waals surface area contributed by atoms with Crippen molar-refractivity contribution in [3.05, 3.63) is 23.9 Å². The molecule has 0 unspecified atom stereocenters. The molecule has 0 bridgehead atoms. The van der Waals surface area contributed by atoms with E-state index in [0.717, 1.165) is 0 Å². The van der Waals surface area contributed by atoms with Crippen LogP contribution in [-0.4, -0.2) is 20.5 Å². The Hall–Kier alpha value is -1.18. The highest BCUT2D eigenvalue weighted by Gasteiger charge is 2.04. The van der Waals surface area contributed by atoms with Crippen molar-refractivity contribution < 1.29 is 17.3 Å². The van der Waals surface area contributed by atoms with E-state index in [1.54, 1.807) is 18.2 Å². The van der Waals surface area contributed by atoms with Gasteiger partial charge in [0, 0.05) is 6.07 Å². The third kappa shape index (κ3) is 3.69. The van der Waals surface area contributed by atoms with Gasteiger partial charge in [0.05, 0.1) is 12.8 Å². The van der Waals surface area contributed by atoms with Crippen molar-refractivity contribution >= 4 is 10.3 Å². The Kier molecular flexibility index (Phi) is 3.39. The number of pyridine rings is 1. The molecular formula is C7H10N2O4S. The van der Waals surface area contributed by atoms with Crippen molar-refractivity contribution in [3.8, 4) is 5.88 Å². The van der Waals surface area contributed by atoms with Gasteiger partial charge in [-0.25, -0.2) is 10.1 Å². The summed E-state index contributed by atoms with van der Waals surface area (Å²) in [5, 5.41) is 4.64. The molecule has 0 radical (unpaired) electrons. The largest absolute Gasteiger partial charge is 0.481 e. The summed E-state index contributed by atoms with van der Waals surface area (Å²) < 4.78 is 30.1. The second kappa shape index (κ2) is 4.36. The smallest absolute Gasteiger partial charge is 0.333 e. The molecule has 1 rings (SSSR count). The third-order valence-electron chi connectivity index (χ3n) is 1.36. The van der Waals surface area contributed by atoms with Crippen molar-refractivity contribution in [2.75, 3.05) is 7.11 Å². The fourth-order valence-electron chi connectivity index (χ4n) is 0.794. The van der Waals surface area contributed by atoms with Crippen molar-refractivity contribution in [2.45, 2.75) is 6.61 Å². The van der Waals surface area contributed by atoms with Crippen LogP contribution in [0.2, 0.25) is 0 Å². The summed E-state index contributed by atoms with van der Waals surface area (Å²) in [4.78, 5) is 3.93. The van der Waals surface area contributed by atoms with E-state index in [0.29, 0.717) is 11.6 Å². The minimum atomic E-state index is -3.92. The zero-order valence-corrected chi connectivity index (χ0v) is 8.32. The summed E-state index contributed by atoms with van der Waals surface area (Å²) in [6, 6.07) is 4.92. The second-order valence-electron chi connectivity index (χ2n) is 2.43. The van der Waals surface area contributed by atoms with Crippen LogP contribution in [0.1, 0.15) is 5.69 Å². The highest BCUT2D eigenvalue weighted by Crippen LogP contribution is 2.07. The first kappa shape index (κ1) is 10.9. The van der Waals surface area contributed by atoms with Crippen molar-refractivity contribution in [3.63, 3.8) is 0 Å². The van der Waals surface area contributed by atoms with Crippen LogP contribution in [0.3, 0.4) is 0 Å². The molecule has 0 aromatic carbocycles. The molecule has 0 saturated carbocycles. The molecule has 0 saturated heterocycles. The monoisotopic (exact) mass is 218 g/mol. The van der Waals surface area contributed by atoms with Gasteiger partial charge in [-0.3, -0.25) is 4.18 Å². The summed E-state index contributed by atoms with van der Waals surface area (Å²) in [5.41, 5.74) is 0.429. The first-order valence-corrected chi connectivity index (χ1v) is 5.15. The molecule has 0 aliphatic heterocycles. The number of hydrogen-bond donors (Lipinski definition) is 1. The van der Waals surface area contributed by atoms with E-state index in [1.165, 1.54) is 7.11 Å².